The van der Waals surface area contributed by atoms with Gasteiger partial charge in [-0.25, -0.2) is 9.48 Å². The molecule has 0 saturated heterocycles. The summed E-state index contributed by atoms with van der Waals surface area (Å²) < 4.78 is 6.61. The number of aromatic nitrogens is 2. The Bertz CT molecular complexity index is 1240. The topological polar surface area (TPSA) is 85.3 Å². The van der Waals surface area contributed by atoms with E-state index >= 15 is 0 Å². The van der Waals surface area contributed by atoms with E-state index in [4.69, 9.17) is 4.42 Å². The fourth-order valence-electron chi connectivity index (χ4n) is 3.07. The van der Waals surface area contributed by atoms with Crippen molar-refractivity contribution in [2.24, 2.45) is 7.05 Å². The third kappa shape index (κ3) is 2.91. The van der Waals surface area contributed by atoms with Gasteiger partial charge in [0.15, 0.2) is 5.58 Å². The highest BCUT2D eigenvalue weighted by Gasteiger charge is 2.22. The second-order valence-electron chi connectivity index (χ2n) is 6.23. The van der Waals surface area contributed by atoms with Crippen LogP contribution in [-0.2, 0) is 13.5 Å². The number of rotatable bonds is 3. The van der Waals surface area contributed by atoms with Gasteiger partial charge < -0.3 is 9.52 Å². The molecule has 4 rings (SSSR count). The van der Waals surface area contributed by atoms with Gasteiger partial charge in [-0.05, 0) is 5.56 Å². The number of hydrogen-bond acceptors (Lipinski definition) is 5. The second kappa shape index (κ2) is 6.57. The summed E-state index contributed by atoms with van der Waals surface area (Å²) in [6, 6.07) is 18.3. The van der Waals surface area contributed by atoms with Crippen LogP contribution in [0.1, 0.15) is 11.1 Å². The monoisotopic (exact) mass is 360 g/mol. The summed E-state index contributed by atoms with van der Waals surface area (Å²) in [5.74, 6) is -0.356. The zero-order chi connectivity index (χ0) is 19.0. The van der Waals surface area contributed by atoms with E-state index in [-0.39, 0.29) is 28.7 Å². The summed E-state index contributed by atoms with van der Waals surface area (Å²) in [7, 11) is 1.50. The molecule has 4 aromatic rings. The molecule has 6 heteroatoms. The maximum Gasteiger partial charge on any atom is 0.343 e. The summed E-state index contributed by atoms with van der Waals surface area (Å²) >= 11 is 0. The molecule has 1 N–H and O–H groups in total. The van der Waals surface area contributed by atoms with Gasteiger partial charge in [0.2, 0.25) is 0 Å². The zero-order valence-corrected chi connectivity index (χ0v) is 14.5. The van der Waals surface area contributed by atoms with E-state index in [1.807, 2.05) is 48.5 Å². The lowest BCUT2D eigenvalue weighted by Crippen LogP contribution is -2.22. The molecule has 0 unspecified atom stereocenters. The van der Waals surface area contributed by atoms with Crippen LogP contribution in [-0.4, -0.2) is 14.9 Å². The first kappa shape index (κ1) is 16.8. The lowest BCUT2D eigenvalue weighted by Gasteiger charge is -2.10. The molecule has 0 bridgehead atoms. The molecule has 6 nitrogen and oxygen atoms in total. The molecule has 2 heterocycles. The molecule has 2 aromatic heterocycles. The zero-order valence-electron chi connectivity index (χ0n) is 14.5. The second-order valence-corrected chi connectivity index (χ2v) is 6.23. The standard InChI is InChI=1S/C21H16N2O4/c1-23-20(25)16-18(24)15(12-13-8-4-2-5-9-13)21(26)27-19(16)17(22-23)14-10-6-3-7-11-14/h2-11,24H,12H2,1H3. The van der Waals surface area contributed by atoms with Gasteiger partial charge in [0.25, 0.3) is 5.56 Å². The number of benzene rings is 2. The van der Waals surface area contributed by atoms with E-state index in [9.17, 15) is 14.7 Å². The average Bonchev–Trinajstić information content (AvgIpc) is 2.69. The minimum Gasteiger partial charge on any atom is -0.506 e. The maximum absolute atomic E-state index is 12.6. The molecule has 0 amide bonds. The van der Waals surface area contributed by atoms with Gasteiger partial charge >= 0.3 is 5.63 Å². The van der Waals surface area contributed by atoms with Crippen LogP contribution in [0, 0.1) is 0 Å². The molecular formula is C21H16N2O4. The Labute approximate surface area is 153 Å². The maximum atomic E-state index is 12.6. The van der Waals surface area contributed by atoms with E-state index in [2.05, 4.69) is 5.10 Å². The first-order valence-electron chi connectivity index (χ1n) is 8.41. The van der Waals surface area contributed by atoms with E-state index < -0.39 is 11.2 Å². The van der Waals surface area contributed by atoms with E-state index in [0.29, 0.717) is 11.3 Å². The smallest absolute Gasteiger partial charge is 0.343 e. The number of fused-ring (bicyclic) bond motifs is 1. The van der Waals surface area contributed by atoms with Crippen LogP contribution in [0.5, 0.6) is 5.75 Å². The fraction of sp³-hybridized carbons (Fsp3) is 0.0952. The first-order chi connectivity index (χ1) is 13.1. The van der Waals surface area contributed by atoms with Gasteiger partial charge in [-0.2, -0.15) is 5.10 Å². The number of hydrogen-bond donors (Lipinski definition) is 1. The molecule has 0 radical (unpaired) electrons. The van der Waals surface area contributed by atoms with Gasteiger partial charge in [0.1, 0.15) is 16.8 Å². The molecule has 0 fully saturated rings. The third-order valence-electron chi connectivity index (χ3n) is 4.43. The van der Waals surface area contributed by atoms with Crippen LogP contribution in [0.3, 0.4) is 0 Å². The predicted octanol–water partition coefficient (Wildman–Crippen LogP) is 2.85. The number of aromatic hydroxyl groups is 1. The molecule has 0 aliphatic rings. The molecule has 0 spiro atoms. The van der Waals surface area contributed by atoms with Crippen molar-refractivity contribution in [2.75, 3.05) is 0 Å². The van der Waals surface area contributed by atoms with Gasteiger partial charge in [0, 0.05) is 19.0 Å². The van der Waals surface area contributed by atoms with Crippen LogP contribution < -0.4 is 11.2 Å². The molecule has 0 aliphatic heterocycles. The summed E-state index contributed by atoms with van der Waals surface area (Å²) in [4.78, 5) is 25.2. The van der Waals surface area contributed by atoms with Crippen molar-refractivity contribution in [1.82, 2.24) is 9.78 Å². The van der Waals surface area contributed by atoms with Crippen molar-refractivity contribution in [1.29, 1.82) is 0 Å². The molecule has 2 aromatic carbocycles. The molecule has 0 atom stereocenters. The third-order valence-corrected chi connectivity index (χ3v) is 4.43. The molecule has 27 heavy (non-hydrogen) atoms. The van der Waals surface area contributed by atoms with Gasteiger partial charge in [-0.1, -0.05) is 60.7 Å². The van der Waals surface area contributed by atoms with Gasteiger partial charge in [-0.15, -0.1) is 0 Å². The Balaban J connectivity index is 2.02. The quantitative estimate of drug-likeness (QED) is 0.607. The highest BCUT2D eigenvalue weighted by atomic mass is 16.4. The minimum absolute atomic E-state index is 0.0105. The van der Waals surface area contributed by atoms with Gasteiger partial charge in [-0.3, -0.25) is 4.79 Å². The Morgan fingerprint density at radius 2 is 1.63 bits per heavy atom. The molecule has 0 aliphatic carbocycles. The van der Waals surface area contributed by atoms with Crippen LogP contribution in [0.4, 0.5) is 0 Å². The molecule has 134 valence electrons. The van der Waals surface area contributed by atoms with Crippen molar-refractivity contribution in [3.63, 3.8) is 0 Å². The van der Waals surface area contributed by atoms with E-state index in [0.717, 1.165) is 10.2 Å². The lowest BCUT2D eigenvalue weighted by atomic mass is 10.0. The summed E-state index contributed by atoms with van der Waals surface area (Å²) in [5.41, 5.74) is 0.660. The molecular weight excluding hydrogens is 344 g/mol. The summed E-state index contributed by atoms with van der Waals surface area (Å²) in [6.07, 6.45) is 0.164. The Morgan fingerprint density at radius 1 is 1.00 bits per heavy atom. The van der Waals surface area contributed by atoms with Crippen molar-refractivity contribution >= 4 is 11.0 Å². The van der Waals surface area contributed by atoms with Crippen LogP contribution in [0.15, 0.2) is 74.7 Å². The Kier molecular flexibility index (Phi) is 4.08. The number of aryl methyl sites for hydroxylation is 1. The van der Waals surface area contributed by atoms with E-state index in [1.165, 1.54) is 7.05 Å². The first-order valence-corrected chi connectivity index (χ1v) is 8.41. The van der Waals surface area contributed by atoms with Crippen LogP contribution in [0.25, 0.3) is 22.2 Å². The fourth-order valence-corrected chi connectivity index (χ4v) is 3.07. The highest BCUT2D eigenvalue weighted by Crippen LogP contribution is 2.30. The summed E-state index contributed by atoms with van der Waals surface area (Å²) in [6.45, 7) is 0. The average molecular weight is 360 g/mol. The Morgan fingerprint density at radius 3 is 2.30 bits per heavy atom. The number of nitrogens with zero attached hydrogens (tertiary/aromatic N) is 2. The van der Waals surface area contributed by atoms with E-state index in [1.54, 1.807) is 12.1 Å². The summed E-state index contributed by atoms with van der Waals surface area (Å²) in [5, 5.41) is 15.0. The highest BCUT2D eigenvalue weighted by molar-refractivity contribution is 5.93. The van der Waals surface area contributed by atoms with Gasteiger partial charge in [0.05, 0.1) is 5.56 Å². The normalized spacial score (nSPS) is 11.0. The Hall–Kier alpha value is -3.67. The van der Waals surface area contributed by atoms with Crippen LogP contribution >= 0.6 is 0 Å². The van der Waals surface area contributed by atoms with Crippen molar-refractivity contribution in [3.8, 4) is 17.0 Å². The minimum atomic E-state index is -0.684. The lowest BCUT2D eigenvalue weighted by molar-refractivity contribution is 0.456. The van der Waals surface area contributed by atoms with Crippen LogP contribution in [0.2, 0.25) is 0 Å². The SMILES string of the molecule is Cn1nc(-c2ccccc2)c2oc(=O)c(Cc3ccccc3)c(O)c2c1=O. The van der Waals surface area contributed by atoms with Crippen molar-refractivity contribution in [2.45, 2.75) is 6.42 Å². The largest absolute Gasteiger partial charge is 0.506 e. The van der Waals surface area contributed by atoms with Crippen molar-refractivity contribution < 1.29 is 9.52 Å². The van der Waals surface area contributed by atoms with Crippen molar-refractivity contribution in [3.05, 3.63) is 92.6 Å². The predicted molar refractivity (Wildman–Crippen MR) is 102 cm³/mol. The molecule has 0 saturated carbocycles.